The van der Waals surface area contributed by atoms with Gasteiger partial charge in [-0.2, -0.15) is 4.90 Å². The quantitative estimate of drug-likeness (QED) is 0.755. The Morgan fingerprint density at radius 3 is 1.80 bits per heavy atom. The molecule has 2 amide bonds. The van der Waals surface area contributed by atoms with E-state index in [2.05, 4.69) is 4.99 Å². The van der Waals surface area contributed by atoms with Crippen molar-refractivity contribution in [1.29, 1.82) is 0 Å². The van der Waals surface area contributed by atoms with Crippen LogP contribution in [0.15, 0.2) is 16.9 Å². The third kappa shape index (κ3) is 6.02. The van der Waals surface area contributed by atoms with Crippen molar-refractivity contribution in [3.63, 3.8) is 0 Å². The van der Waals surface area contributed by atoms with Gasteiger partial charge in [-0.25, -0.2) is 14.6 Å². The second kappa shape index (κ2) is 7.04. The lowest BCUT2D eigenvalue weighted by Gasteiger charge is -2.29. The molecule has 0 aromatic rings. The molecule has 1 unspecified atom stereocenters. The Morgan fingerprint density at radius 2 is 1.48 bits per heavy atom. The molecule has 25 heavy (non-hydrogen) atoms. The summed E-state index contributed by atoms with van der Waals surface area (Å²) < 4.78 is 10.3. The second-order valence-electron chi connectivity index (χ2n) is 7.30. The zero-order valence-electron chi connectivity index (χ0n) is 15.0. The summed E-state index contributed by atoms with van der Waals surface area (Å²) in [6.07, 6.45) is -0.535. The van der Waals surface area contributed by atoms with Crippen molar-refractivity contribution in [2.24, 2.45) is 10.9 Å². The number of ketones is 1. The van der Waals surface area contributed by atoms with Gasteiger partial charge in [0, 0.05) is 12.3 Å². The molecule has 138 valence electrons. The van der Waals surface area contributed by atoms with Crippen molar-refractivity contribution in [3.8, 4) is 0 Å². The minimum Gasteiger partial charge on any atom is -0.480 e. The Bertz CT molecular complexity index is 622. The van der Waals surface area contributed by atoms with Gasteiger partial charge in [-0.1, -0.05) is 0 Å². The van der Waals surface area contributed by atoms with Crippen molar-refractivity contribution < 1.29 is 33.8 Å². The molecule has 9 nitrogen and oxygen atoms in total. The fourth-order valence-electron chi connectivity index (χ4n) is 1.66. The number of hydrogen-bond acceptors (Lipinski definition) is 7. The highest BCUT2D eigenvalue weighted by molar-refractivity contribution is 6.17. The fourth-order valence-corrected chi connectivity index (χ4v) is 1.66. The Labute approximate surface area is 145 Å². The lowest BCUT2D eigenvalue weighted by Crippen LogP contribution is -2.43. The van der Waals surface area contributed by atoms with Gasteiger partial charge in [0.15, 0.2) is 17.5 Å². The maximum atomic E-state index is 12.4. The first-order chi connectivity index (χ1) is 11.2. The molecule has 0 spiro atoms. The largest absolute Gasteiger partial charge is 0.480 e. The molecule has 0 bridgehead atoms. The first-order valence-corrected chi connectivity index (χ1v) is 7.50. The van der Waals surface area contributed by atoms with E-state index in [0.29, 0.717) is 4.90 Å². The van der Waals surface area contributed by atoms with Crippen LogP contribution in [0.25, 0.3) is 0 Å². The van der Waals surface area contributed by atoms with Gasteiger partial charge in [0.2, 0.25) is 0 Å². The molecule has 1 rings (SSSR count). The Hall–Kier alpha value is -2.71. The van der Waals surface area contributed by atoms with Crippen molar-refractivity contribution in [2.75, 3.05) is 0 Å². The number of carboxylic acid groups (broad SMARTS) is 1. The standard InChI is InChI=1S/C16H22N2O7/c1-15(2,3)24-13(22)18(14(23)25-16(4,5)6)11-7-10(19)9(8-17-11)12(20)21/h7-9H,1-6H3,(H,20,21). The van der Waals surface area contributed by atoms with Gasteiger partial charge in [0.25, 0.3) is 0 Å². The fraction of sp³-hybridized carbons (Fsp3) is 0.562. The number of carbonyl (C=O) groups is 4. The van der Waals surface area contributed by atoms with Crippen LogP contribution in [0.2, 0.25) is 0 Å². The van der Waals surface area contributed by atoms with Crippen molar-refractivity contribution in [2.45, 2.75) is 52.7 Å². The molecule has 9 heteroatoms. The number of allylic oxidation sites excluding steroid dienone is 1. The Balaban J connectivity index is 3.20. The topological polar surface area (TPSA) is 123 Å². The van der Waals surface area contributed by atoms with E-state index in [1.807, 2.05) is 0 Å². The van der Waals surface area contributed by atoms with E-state index in [1.165, 1.54) is 0 Å². The first-order valence-electron chi connectivity index (χ1n) is 7.50. The summed E-state index contributed by atoms with van der Waals surface area (Å²) in [5.41, 5.74) is -1.83. The highest BCUT2D eigenvalue weighted by atomic mass is 16.6. The van der Waals surface area contributed by atoms with Gasteiger partial charge in [0.05, 0.1) is 0 Å². The van der Waals surface area contributed by atoms with E-state index in [9.17, 15) is 19.2 Å². The van der Waals surface area contributed by atoms with Crippen molar-refractivity contribution >= 4 is 30.2 Å². The maximum Gasteiger partial charge on any atom is 0.425 e. The average Bonchev–Trinajstić information content (AvgIpc) is 2.33. The summed E-state index contributed by atoms with van der Waals surface area (Å²) in [5, 5.41) is 8.92. The number of rotatable bonds is 2. The highest BCUT2D eigenvalue weighted by Gasteiger charge is 2.37. The molecule has 1 heterocycles. The Morgan fingerprint density at radius 1 is 1.04 bits per heavy atom. The lowest BCUT2D eigenvalue weighted by atomic mass is 10.0. The summed E-state index contributed by atoms with van der Waals surface area (Å²) in [6.45, 7) is 9.60. The minimum absolute atomic E-state index is 0.369. The molecule has 1 N–H and O–H groups in total. The number of aliphatic imine (C=N–C) groups is 1. The molecular weight excluding hydrogens is 332 g/mol. The minimum atomic E-state index is -1.47. The molecule has 0 aromatic heterocycles. The van der Waals surface area contributed by atoms with Gasteiger partial charge in [-0.05, 0) is 41.5 Å². The average molecular weight is 354 g/mol. The molecule has 1 atom stereocenters. The number of imide groups is 1. The van der Waals surface area contributed by atoms with Gasteiger partial charge < -0.3 is 14.6 Å². The van der Waals surface area contributed by atoms with Crippen molar-refractivity contribution in [3.05, 3.63) is 11.9 Å². The molecule has 1 aliphatic heterocycles. The summed E-state index contributed by atoms with van der Waals surface area (Å²) in [5.74, 6) is -4.05. The number of carboxylic acids is 1. The van der Waals surface area contributed by atoms with Crippen LogP contribution >= 0.6 is 0 Å². The maximum absolute atomic E-state index is 12.4. The predicted octanol–water partition coefficient (Wildman–Crippen LogP) is 2.35. The summed E-state index contributed by atoms with van der Waals surface area (Å²) in [6, 6.07) is 0. The zero-order valence-corrected chi connectivity index (χ0v) is 15.0. The van der Waals surface area contributed by atoms with E-state index in [-0.39, 0.29) is 5.82 Å². The molecular formula is C16H22N2O7. The van der Waals surface area contributed by atoms with Gasteiger partial charge >= 0.3 is 18.2 Å². The van der Waals surface area contributed by atoms with Crippen LogP contribution in [0, 0.1) is 5.92 Å². The third-order valence-corrected chi connectivity index (χ3v) is 2.58. The molecule has 0 aliphatic carbocycles. The number of nitrogens with zero attached hydrogens (tertiary/aromatic N) is 2. The molecule has 0 aromatic carbocycles. The molecule has 0 fully saturated rings. The predicted molar refractivity (Wildman–Crippen MR) is 87.0 cm³/mol. The number of amides is 2. The number of aliphatic carboxylic acids is 1. The van der Waals surface area contributed by atoms with Crippen LogP contribution in [0.3, 0.4) is 0 Å². The zero-order chi connectivity index (χ0) is 19.6. The molecule has 0 saturated heterocycles. The SMILES string of the molecule is CC(C)(C)OC(=O)N(C(=O)OC(C)(C)C)C1=CC(=O)C(C(=O)O)C=N1. The van der Waals surface area contributed by atoms with Gasteiger partial charge in [-0.15, -0.1) is 0 Å². The van der Waals surface area contributed by atoms with Crippen molar-refractivity contribution in [1.82, 2.24) is 4.90 Å². The van der Waals surface area contributed by atoms with E-state index >= 15 is 0 Å². The number of ether oxygens (including phenoxy) is 2. The number of hydrogen-bond donors (Lipinski definition) is 1. The van der Waals surface area contributed by atoms with Crippen LogP contribution < -0.4 is 0 Å². The van der Waals surface area contributed by atoms with Crippen LogP contribution in [-0.2, 0) is 19.1 Å². The summed E-state index contributed by atoms with van der Waals surface area (Å²) in [7, 11) is 0. The third-order valence-electron chi connectivity index (χ3n) is 2.58. The highest BCUT2D eigenvalue weighted by Crippen LogP contribution is 2.21. The molecule has 0 saturated carbocycles. The normalized spacial score (nSPS) is 17.6. The van der Waals surface area contributed by atoms with Gasteiger partial charge in [0.1, 0.15) is 11.2 Å². The summed E-state index contributed by atoms with van der Waals surface area (Å²) in [4.78, 5) is 51.8. The van der Waals surface area contributed by atoms with Crippen LogP contribution in [0.1, 0.15) is 41.5 Å². The van der Waals surface area contributed by atoms with E-state index in [1.54, 1.807) is 41.5 Å². The van der Waals surface area contributed by atoms with Crippen LogP contribution in [0.4, 0.5) is 9.59 Å². The van der Waals surface area contributed by atoms with E-state index in [0.717, 1.165) is 12.3 Å². The first kappa shape index (κ1) is 20.3. The van der Waals surface area contributed by atoms with E-state index in [4.69, 9.17) is 14.6 Å². The lowest BCUT2D eigenvalue weighted by molar-refractivity contribution is -0.142. The second-order valence-corrected chi connectivity index (χ2v) is 7.30. The van der Waals surface area contributed by atoms with E-state index < -0.39 is 41.1 Å². The van der Waals surface area contributed by atoms with Crippen LogP contribution in [-0.4, -0.2) is 51.4 Å². The van der Waals surface area contributed by atoms with Crippen LogP contribution in [0.5, 0.6) is 0 Å². The summed E-state index contributed by atoms with van der Waals surface area (Å²) >= 11 is 0. The number of carbonyl (C=O) groups excluding carboxylic acids is 3. The molecule has 0 radical (unpaired) electrons. The smallest absolute Gasteiger partial charge is 0.425 e. The monoisotopic (exact) mass is 354 g/mol. The van der Waals surface area contributed by atoms with Gasteiger partial charge in [-0.3, -0.25) is 9.59 Å². The molecule has 1 aliphatic rings. The Kier molecular flexibility index (Phi) is 5.72.